The molecule has 0 saturated carbocycles. The number of aryl methyl sites for hydroxylation is 1. The molecule has 36 heavy (non-hydrogen) atoms. The van der Waals surface area contributed by atoms with Crippen LogP contribution in [0.1, 0.15) is 30.9 Å². The Labute approximate surface area is 222 Å². The van der Waals surface area contributed by atoms with Crippen LogP contribution in [0.3, 0.4) is 0 Å². The molecule has 1 unspecified atom stereocenters. The minimum Gasteiger partial charge on any atom is -0.458 e. The van der Waals surface area contributed by atoms with Crippen LogP contribution in [-0.4, -0.2) is 48.0 Å². The van der Waals surface area contributed by atoms with Crippen molar-refractivity contribution in [3.8, 4) is 28.5 Å². The lowest BCUT2D eigenvalue weighted by Crippen LogP contribution is -2.26. The molecule has 0 radical (unpaired) electrons. The molecule has 1 atom stereocenters. The zero-order chi connectivity index (χ0) is 25.8. The van der Waals surface area contributed by atoms with Crippen LogP contribution in [0.25, 0.3) is 22.4 Å². The molecule has 3 aromatic rings. The second-order valence-corrected chi connectivity index (χ2v) is 10.5. The Morgan fingerprint density at radius 3 is 2.53 bits per heavy atom. The van der Waals surface area contributed by atoms with Crippen LogP contribution in [0.15, 0.2) is 65.7 Å². The third-order valence-electron chi connectivity index (χ3n) is 5.45. The number of carbonyl (C=O) groups is 1. The summed E-state index contributed by atoms with van der Waals surface area (Å²) in [5.41, 5.74) is 5.05. The molecule has 0 amide bonds. The number of hydrogen-bond acceptors (Lipinski definition) is 7. The molecule has 0 aliphatic rings. The fourth-order valence-corrected chi connectivity index (χ4v) is 5.43. The lowest BCUT2D eigenvalue weighted by molar-refractivity contribution is -0.146. The van der Waals surface area contributed by atoms with E-state index in [1.807, 2.05) is 67.6 Å². The van der Waals surface area contributed by atoms with Gasteiger partial charge in [0.05, 0.1) is 23.6 Å². The topological polar surface area (TPSA) is 72.2 Å². The summed E-state index contributed by atoms with van der Waals surface area (Å²) in [4.78, 5) is 17.5. The van der Waals surface area contributed by atoms with Gasteiger partial charge in [0.25, 0.3) is 0 Å². The minimum absolute atomic E-state index is 0.0626. The van der Waals surface area contributed by atoms with Gasteiger partial charge in [0.2, 0.25) is 0 Å². The average Bonchev–Trinajstić information content (AvgIpc) is 2.90. The highest BCUT2D eigenvalue weighted by atomic mass is 32.2. The van der Waals surface area contributed by atoms with Gasteiger partial charge in [0.15, 0.2) is 0 Å². The highest BCUT2D eigenvalue weighted by molar-refractivity contribution is 8.00. The SMILES string of the molecule is CCCCSCC(COC)OC(=O)CSc1nc(-c2ccc(C)cc2)cc(-c2ccccc2)c1C#N. The Hall–Kier alpha value is -2.79. The summed E-state index contributed by atoms with van der Waals surface area (Å²) in [7, 11) is 1.61. The number of benzene rings is 2. The van der Waals surface area contributed by atoms with E-state index in [0.29, 0.717) is 22.9 Å². The molecule has 2 aromatic carbocycles. The third kappa shape index (κ3) is 8.12. The van der Waals surface area contributed by atoms with Gasteiger partial charge in [-0.15, -0.1) is 0 Å². The van der Waals surface area contributed by atoms with Crippen molar-refractivity contribution in [2.75, 3.05) is 31.0 Å². The number of rotatable bonds is 13. The molecule has 0 bridgehead atoms. The quantitative estimate of drug-likeness (QED) is 0.140. The number of methoxy groups -OCH3 is 1. The Morgan fingerprint density at radius 2 is 1.86 bits per heavy atom. The van der Waals surface area contributed by atoms with E-state index in [9.17, 15) is 10.1 Å². The summed E-state index contributed by atoms with van der Waals surface area (Å²) < 4.78 is 10.9. The molecule has 7 heteroatoms. The molecule has 0 saturated heterocycles. The lowest BCUT2D eigenvalue weighted by Gasteiger charge is -2.17. The first-order valence-electron chi connectivity index (χ1n) is 12.0. The van der Waals surface area contributed by atoms with Crippen molar-refractivity contribution < 1.29 is 14.3 Å². The Bertz CT molecular complexity index is 1160. The number of esters is 1. The molecule has 5 nitrogen and oxygen atoms in total. The number of carbonyl (C=O) groups excluding carboxylic acids is 1. The number of hydrogen-bond donors (Lipinski definition) is 0. The first-order valence-corrected chi connectivity index (χ1v) is 14.2. The summed E-state index contributed by atoms with van der Waals surface area (Å²) in [5, 5.41) is 10.6. The molecule has 0 fully saturated rings. The van der Waals surface area contributed by atoms with Crippen LogP contribution in [0.2, 0.25) is 0 Å². The van der Waals surface area contributed by atoms with Crippen LogP contribution in [0, 0.1) is 18.3 Å². The van der Waals surface area contributed by atoms with Crippen LogP contribution in [0.4, 0.5) is 0 Å². The summed E-state index contributed by atoms with van der Waals surface area (Å²) >= 11 is 3.01. The normalized spacial score (nSPS) is 11.6. The summed E-state index contributed by atoms with van der Waals surface area (Å²) in [6, 6.07) is 22.2. The molecule has 1 heterocycles. The van der Waals surface area contributed by atoms with Crippen LogP contribution in [-0.2, 0) is 14.3 Å². The molecule has 0 aliphatic carbocycles. The summed E-state index contributed by atoms with van der Waals surface area (Å²) in [6.45, 7) is 4.56. The molecular weight excluding hydrogens is 488 g/mol. The van der Waals surface area contributed by atoms with Crippen molar-refractivity contribution in [3.63, 3.8) is 0 Å². The summed E-state index contributed by atoms with van der Waals surface area (Å²) in [6.07, 6.45) is 1.98. The van der Waals surface area contributed by atoms with Gasteiger partial charge in [-0.3, -0.25) is 4.79 Å². The first kappa shape index (κ1) is 27.8. The smallest absolute Gasteiger partial charge is 0.316 e. The molecule has 1 aromatic heterocycles. The number of nitriles is 1. The van der Waals surface area contributed by atoms with Crippen molar-refractivity contribution in [1.82, 2.24) is 4.98 Å². The van der Waals surface area contributed by atoms with Crippen molar-refractivity contribution in [2.45, 2.75) is 37.8 Å². The van der Waals surface area contributed by atoms with Crippen molar-refractivity contribution >= 4 is 29.5 Å². The maximum Gasteiger partial charge on any atom is 0.316 e. The first-order chi connectivity index (χ1) is 17.5. The van der Waals surface area contributed by atoms with E-state index in [1.165, 1.54) is 11.8 Å². The number of thioether (sulfide) groups is 2. The van der Waals surface area contributed by atoms with E-state index in [4.69, 9.17) is 14.5 Å². The number of aromatic nitrogens is 1. The number of pyridine rings is 1. The van der Waals surface area contributed by atoms with E-state index < -0.39 is 0 Å². The number of ether oxygens (including phenoxy) is 2. The molecule has 188 valence electrons. The summed E-state index contributed by atoms with van der Waals surface area (Å²) in [5.74, 6) is 1.46. The van der Waals surface area contributed by atoms with Crippen molar-refractivity contribution in [2.24, 2.45) is 0 Å². The van der Waals surface area contributed by atoms with Crippen molar-refractivity contribution in [3.05, 3.63) is 71.8 Å². The number of nitrogens with zero attached hydrogens (tertiary/aromatic N) is 2. The van der Waals surface area contributed by atoms with E-state index in [0.717, 1.165) is 46.5 Å². The Balaban J connectivity index is 1.83. The predicted molar refractivity (Wildman–Crippen MR) is 149 cm³/mol. The van der Waals surface area contributed by atoms with Gasteiger partial charge in [-0.05, 0) is 30.7 Å². The standard InChI is InChI=1S/C29H32N2O3S2/c1-4-5-15-35-19-24(18-33-3)34-28(32)20-36-29-26(17-30)25(22-9-7-6-8-10-22)16-27(31-29)23-13-11-21(2)12-14-23/h6-14,16,24H,4-5,15,18-20H2,1-3H3. The van der Waals surface area contributed by atoms with Crippen molar-refractivity contribution in [1.29, 1.82) is 5.26 Å². The Morgan fingerprint density at radius 1 is 1.11 bits per heavy atom. The Kier molecular flexibility index (Phi) is 11.3. The van der Waals surface area contributed by atoms with E-state index in [-0.39, 0.29) is 17.8 Å². The predicted octanol–water partition coefficient (Wildman–Crippen LogP) is 6.78. The van der Waals surface area contributed by atoms with Gasteiger partial charge < -0.3 is 9.47 Å². The van der Waals surface area contributed by atoms with E-state index in [1.54, 1.807) is 18.9 Å². The van der Waals surface area contributed by atoms with Gasteiger partial charge in [0, 0.05) is 24.0 Å². The van der Waals surface area contributed by atoms with Gasteiger partial charge in [-0.1, -0.05) is 85.3 Å². The van der Waals surface area contributed by atoms with Crippen LogP contribution in [0.5, 0.6) is 0 Å². The molecule has 0 spiro atoms. The van der Waals surface area contributed by atoms with Gasteiger partial charge in [-0.2, -0.15) is 17.0 Å². The van der Waals surface area contributed by atoms with E-state index >= 15 is 0 Å². The molecular formula is C29H32N2O3S2. The molecule has 0 N–H and O–H groups in total. The zero-order valence-corrected chi connectivity index (χ0v) is 22.7. The van der Waals surface area contributed by atoms with Crippen LogP contribution >= 0.6 is 23.5 Å². The second kappa shape index (κ2) is 14.7. The average molecular weight is 521 g/mol. The zero-order valence-electron chi connectivity index (χ0n) is 21.0. The monoisotopic (exact) mass is 520 g/mol. The third-order valence-corrected chi connectivity index (χ3v) is 7.59. The highest BCUT2D eigenvalue weighted by Gasteiger charge is 2.19. The number of unbranched alkanes of at least 4 members (excludes halogenated alkanes) is 1. The fraction of sp³-hybridized carbons (Fsp3) is 0.345. The highest BCUT2D eigenvalue weighted by Crippen LogP contribution is 2.34. The second-order valence-electron chi connectivity index (χ2n) is 8.36. The van der Waals surface area contributed by atoms with Gasteiger partial charge >= 0.3 is 5.97 Å². The maximum atomic E-state index is 12.7. The maximum absolute atomic E-state index is 12.7. The molecule has 0 aliphatic heterocycles. The largest absolute Gasteiger partial charge is 0.458 e. The van der Waals surface area contributed by atoms with Gasteiger partial charge in [0.1, 0.15) is 17.2 Å². The fourth-order valence-electron chi connectivity index (χ4n) is 3.56. The lowest BCUT2D eigenvalue weighted by atomic mass is 9.99. The van der Waals surface area contributed by atoms with Gasteiger partial charge in [-0.25, -0.2) is 4.98 Å². The minimum atomic E-state index is -0.342. The molecule has 3 rings (SSSR count). The van der Waals surface area contributed by atoms with Crippen LogP contribution < -0.4 is 0 Å². The van der Waals surface area contributed by atoms with E-state index in [2.05, 4.69) is 13.0 Å².